The minimum Gasteiger partial charge on any atom is -0.272 e. The van der Waals surface area contributed by atoms with Gasteiger partial charge in [0.1, 0.15) is 0 Å². The molecule has 31 heavy (non-hydrogen) atoms. The highest BCUT2D eigenvalue weighted by atomic mass is 32.2. The summed E-state index contributed by atoms with van der Waals surface area (Å²) < 4.78 is 1.56. The van der Waals surface area contributed by atoms with Crippen LogP contribution in [0.1, 0.15) is 23.6 Å². The number of aromatic nitrogens is 4. The van der Waals surface area contributed by atoms with E-state index in [9.17, 15) is 4.79 Å². The summed E-state index contributed by atoms with van der Waals surface area (Å²) in [6, 6.07) is 24.5. The van der Waals surface area contributed by atoms with Crippen molar-refractivity contribution in [2.75, 3.05) is 5.75 Å². The van der Waals surface area contributed by atoms with Crippen molar-refractivity contribution >= 4 is 34.2 Å². The lowest BCUT2D eigenvalue weighted by atomic mass is 9.97. The molecule has 0 saturated carbocycles. The van der Waals surface area contributed by atoms with E-state index in [4.69, 9.17) is 5.10 Å². The minimum absolute atomic E-state index is 0.0716. The highest BCUT2D eigenvalue weighted by Crippen LogP contribution is 2.34. The fourth-order valence-electron chi connectivity index (χ4n) is 3.75. The highest BCUT2D eigenvalue weighted by molar-refractivity contribution is 7.99. The average molecular weight is 429 g/mol. The lowest BCUT2D eigenvalue weighted by Gasteiger charge is -2.21. The third-order valence-electron chi connectivity index (χ3n) is 5.34. The van der Waals surface area contributed by atoms with Crippen molar-refractivity contribution in [3.8, 4) is 0 Å². The van der Waals surface area contributed by atoms with Gasteiger partial charge in [0.05, 0.1) is 17.5 Å². The van der Waals surface area contributed by atoms with Crippen LogP contribution in [0.3, 0.4) is 0 Å². The summed E-state index contributed by atoms with van der Waals surface area (Å²) in [5.74, 6) is 0.143. The summed E-state index contributed by atoms with van der Waals surface area (Å²) in [6.07, 6.45) is 0.671. The number of aryl methyl sites for hydroxylation is 1. The molecule has 0 fully saturated rings. The SMILES string of the molecule is Cn1nnnc1SCC(=O)N1N=C(c2ccc3ccccc3c2)CC1c1ccccc1. The first-order chi connectivity index (χ1) is 15.2. The van der Waals surface area contributed by atoms with Crippen LogP contribution in [0.4, 0.5) is 0 Å². The maximum Gasteiger partial charge on any atom is 0.253 e. The number of nitrogens with zero attached hydrogens (tertiary/aromatic N) is 6. The summed E-state index contributed by atoms with van der Waals surface area (Å²) in [7, 11) is 1.76. The number of benzene rings is 3. The number of carbonyl (C=O) groups is 1. The molecule has 0 radical (unpaired) electrons. The van der Waals surface area contributed by atoms with Crippen molar-refractivity contribution in [3.63, 3.8) is 0 Å². The predicted molar refractivity (Wildman–Crippen MR) is 121 cm³/mol. The number of fused-ring (bicyclic) bond motifs is 1. The number of tetrazole rings is 1. The van der Waals surface area contributed by atoms with Crippen molar-refractivity contribution in [2.45, 2.75) is 17.6 Å². The normalized spacial score (nSPS) is 16.0. The summed E-state index contributed by atoms with van der Waals surface area (Å²) in [6.45, 7) is 0. The summed E-state index contributed by atoms with van der Waals surface area (Å²) >= 11 is 1.31. The van der Waals surface area contributed by atoms with Gasteiger partial charge in [-0.2, -0.15) is 5.10 Å². The van der Waals surface area contributed by atoms with E-state index in [0.717, 1.165) is 22.2 Å². The van der Waals surface area contributed by atoms with Crippen LogP contribution in [-0.2, 0) is 11.8 Å². The van der Waals surface area contributed by atoms with Gasteiger partial charge in [0, 0.05) is 13.5 Å². The van der Waals surface area contributed by atoms with Crippen molar-refractivity contribution < 1.29 is 4.79 Å². The first kappa shape index (κ1) is 19.4. The third kappa shape index (κ3) is 3.94. The molecule has 154 valence electrons. The minimum atomic E-state index is -0.131. The van der Waals surface area contributed by atoms with Crippen molar-refractivity contribution in [1.29, 1.82) is 0 Å². The van der Waals surface area contributed by atoms with Crippen molar-refractivity contribution in [1.82, 2.24) is 25.2 Å². The summed E-state index contributed by atoms with van der Waals surface area (Å²) in [5.41, 5.74) is 3.03. The first-order valence-electron chi connectivity index (χ1n) is 9.98. The average Bonchev–Trinajstić information content (AvgIpc) is 3.44. The van der Waals surface area contributed by atoms with Gasteiger partial charge in [-0.15, -0.1) is 5.10 Å². The largest absolute Gasteiger partial charge is 0.272 e. The molecule has 1 unspecified atom stereocenters. The first-order valence-corrected chi connectivity index (χ1v) is 11.0. The number of hydrazone groups is 1. The Labute approximate surface area is 183 Å². The predicted octanol–water partition coefficient (Wildman–Crippen LogP) is 3.83. The second-order valence-corrected chi connectivity index (χ2v) is 8.29. The number of thioether (sulfide) groups is 1. The molecular weight excluding hydrogens is 408 g/mol. The van der Waals surface area contributed by atoms with E-state index >= 15 is 0 Å². The smallest absolute Gasteiger partial charge is 0.253 e. The quantitative estimate of drug-likeness (QED) is 0.452. The van der Waals surface area contributed by atoms with Gasteiger partial charge in [0.2, 0.25) is 5.16 Å². The van der Waals surface area contributed by atoms with E-state index in [0.29, 0.717) is 11.6 Å². The molecular formula is C23H20N6OS. The van der Waals surface area contributed by atoms with Gasteiger partial charge < -0.3 is 0 Å². The molecule has 1 atom stereocenters. The van der Waals surface area contributed by atoms with E-state index < -0.39 is 0 Å². The van der Waals surface area contributed by atoms with Gasteiger partial charge in [-0.05, 0) is 38.4 Å². The molecule has 5 rings (SSSR count). The van der Waals surface area contributed by atoms with Gasteiger partial charge in [-0.25, -0.2) is 9.69 Å². The zero-order valence-electron chi connectivity index (χ0n) is 16.9. The van der Waals surface area contributed by atoms with Crippen LogP contribution in [0.5, 0.6) is 0 Å². The Morgan fingerprint density at radius 1 is 1.03 bits per heavy atom. The number of carbonyl (C=O) groups excluding carboxylic acids is 1. The molecule has 1 aliphatic rings. The Hall–Kier alpha value is -3.52. The molecule has 7 nitrogen and oxygen atoms in total. The van der Waals surface area contributed by atoms with E-state index in [-0.39, 0.29) is 17.7 Å². The van der Waals surface area contributed by atoms with Gasteiger partial charge >= 0.3 is 0 Å². The highest BCUT2D eigenvalue weighted by Gasteiger charge is 2.33. The Kier molecular flexibility index (Phi) is 5.21. The van der Waals surface area contributed by atoms with Gasteiger partial charge in [0.15, 0.2) is 0 Å². The number of rotatable bonds is 5. The van der Waals surface area contributed by atoms with Crippen molar-refractivity contribution in [2.24, 2.45) is 12.1 Å². The third-order valence-corrected chi connectivity index (χ3v) is 6.33. The van der Waals surface area contributed by atoms with E-state index in [1.165, 1.54) is 17.1 Å². The summed E-state index contributed by atoms with van der Waals surface area (Å²) in [5, 5.41) is 20.7. The summed E-state index contributed by atoms with van der Waals surface area (Å²) in [4.78, 5) is 13.1. The number of amides is 1. The Morgan fingerprint density at radius 2 is 1.81 bits per heavy atom. The van der Waals surface area contributed by atoms with Crippen LogP contribution < -0.4 is 0 Å². The van der Waals surface area contributed by atoms with Gasteiger partial charge in [-0.3, -0.25) is 4.79 Å². The fraction of sp³-hybridized carbons (Fsp3) is 0.174. The van der Waals surface area contributed by atoms with Crippen LogP contribution in [0.2, 0.25) is 0 Å². The monoisotopic (exact) mass is 428 g/mol. The fourth-order valence-corrected chi connectivity index (χ4v) is 4.46. The van der Waals surface area contributed by atoms with Crippen molar-refractivity contribution in [3.05, 3.63) is 83.9 Å². The molecule has 1 aliphatic heterocycles. The molecule has 4 aromatic rings. The van der Waals surface area contributed by atoms with E-state index in [1.54, 1.807) is 16.7 Å². The number of hydrogen-bond acceptors (Lipinski definition) is 6. The second-order valence-electron chi connectivity index (χ2n) is 7.35. The Bertz CT molecular complexity index is 1270. The van der Waals surface area contributed by atoms with Gasteiger partial charge in [-0.1, -0.05) is 78.5 Å². The maximum atomic E-state index is 13.1. The Morgan fingerprint density at radius 3 is 2.58 bits per heavy atom. The standard InChI is InChI=1S/C23H20N6OS/c1-28-23(24-26-27-28)31-15-22(30)29-21(17-8-3-2-4-9-17)14-20(25-29)19-12-11-16-7-5-6-10-18(16)13-19/h2-13,21H,14-15H2,1H3. The molecule has 0 saturated heterocycles. The molecule has 0 bridgehead atoms. The van der Waals surface area contributed by atoms with Gasteiger partial charge in [0.25, 0.3) is 5.91 Å². The zero-order chi connectivity index (χ0) is 21.2. The Balaban J connectivity index is 1.44. The molecule has 1 aromatic heterocycles. The van der Waals surface area contributed by atoms with E-state index in [1.807, 2.05) is 42.5 Å². The van der Waals surface area contributed by atoms with Crippen LogP contribution in [-0.4, -0.2) is 42.6 Å². The van der Waals surface area contributed by atoms with Crippen LogP contribution in [0.15, 0.2) is 83.1 Å². The van der Waals surface area contributed by atoms with Crippen LogP contribution in [0, 0.1) is 0 Å². The lowest BCUT2D eigenvalue weighted by molar-refractivity contribution is -0.130. The molecule has 0 N–H and O–H groups in total. The molecule has 8 heteroatoms. The number of hydrogen-bond donors (Lipinski definition) is 0. The molecule has 0 spiro atoms. The maximum absolute atomic E-state index is 13.1. The van der Waals surface area contributed by atoms with Crippen LogP contribution >= 0.6 is 11.8 Å². The van der Waals surface area contributed by atoms with Crippen LogP contribution in [0.25, 0.3) is 10.8 Å². The topological polar surface area (TPSA) is 76.3 Å². The molecule has 3 aromatic carbocycles. The molecule has 0 aliphatic carbocycles. The van der Waals surface area contributed by atoms with E-state index in [2.05, 4.69) is 45.9 Å². The molecule has 1 amide bonds. The molecule has 2 heterocycles. The lowest BCUT2D eigenvalue weighted by Crippen LogP contribution is -2.28. The second kappa shape index (κ2) is 8.31. The zero-order valence-corrected chi connectivity index (χ0v) is 17.7.